The van der Waals surface area contributed by atoms with Crippen LogP contribution in [0.15, 0.2) is 85.3 Å². The first-order valence-corrected chi connectivity index (χ1v) is 11.5. The number of fused-ring (bicyclic) bond motifs is 3. The third kappa shape index (κ3) is 5.13. The molecule has 6 heteroatoms. The fourth-order valence-electron chi connectivity index (χ4n) is 4.43. The number of imidazole rings is 1. The van der Waals surface area contributed by atoms with E-state index in [0.29, 0.717) is 22.6 Å². The Morgan fingerprint density at radius 3 is 2.46 bits per heavy atom. The molecule has 0 bridgehead atoms. The summed E-state index contributed by atoms with van der Waals surface area (Å²) in [5, 5.41) is 0. The second-order valence-corrected chi connectivity index (χ2v) is 8.29. The topological polar surface area (TPSA) is 39.4 Å². The molecule has 0 unspecified atom stereocenters. The van der Waals surface area contributed by atoms with E-state index < -0.39 is 0 Å². The molecular formula is C31H21IrN5-2. The average Bonchev–Trinajstić information content (AvgIpc) is 3.43. The Labute approximate surface area is 230 Å². The van der Waals surface area contributed by atoms with Gasteiger partial charge in [0.25, 0.3) is 0 Å². The van der Waals surface area contributed by atoms with Crippen molar-refractivity contribution in [1.29, 1.82) is 0 Å². The van der Waals surface area contributed by atoms with Crippen molar-refractivity contribution in [2.45, 2.75) is 19.9 Å². The Balaban J connectivity index is 0.000000193. The number of aryl methyl sites for hydroxylation is 3. The largest absolute Gasteiger partial charge is 0.371 e. The molecule has 0 N–H and O–H groups in total. The quantitative estimate of drug-likeness (QED) is 0.185. The minimum Gasteiger partial charge on any atom is -0.371 e. The summed E-state index contributed by atoms with van der Waals surface area (Å²) >= 11 is 0. The van der Waals surface area contributed by atoms with Gasteiger partial charge < -0.3 is 9.55 Å². The maximum Gasteiger partial charge on any atom is 0.176 e. The molecule has 1 aliphatic heterocycles. The molecule has 3 aromatic carbocycles. The monoisotopic (exact) mass is 656 g/mol. The molecule has 37 heavy (non-hydrogen) atoms. The molecule has 5 aromatic rings. The van der Waals surface area contributed by atoms with E-state index in [1.165, 1.54) is 11.1 Å². The predicted molar refractivity (Wildman–Crippen MR) is 141 cm³/mol. The number of rotatable bonds is 2. The maximum absolute atomic E-state index is 7.44. The van der Waals surface area contributed by atoms with Crippen LogP contribution in [0.3, 0.4) is 0 Å². The zero-order valence-corrected chi connectivity index (χ0v) is 22.5. The van der Waals surface area contributed by atoms with E-state index in [4.69, 9.17) is 13.1 Å². The van der Waals surface area contributed by atoms with Gasteiger partial charge in [0.05, 0.1) is 19.0 Å². The van der Waals surface area contributed by atoms with Gasteiger partial charge in [0.15, 0.2) is 11.4 Å². The normalized spacial score (nSPS) is 10.9. The summed E-state index contributed by atoms with van der Waals surface area (Å²) in [7, 11) is 0. The summed E-state index contributed by atoms with van der Waals surface area (Å²) in [6.07, 6.45) is 6.70. The number of nitrogens with zero attached hydrogens (tertiary/aromatic N) is 5. The molecule has 0 atom stereocenters. The van der Waals surface area contributed by atoms with Crippen LogP contribution < -0.4 is 0 Å². The van der Waals surface area contributed by atoms with Crippen molar-refractivity contribution in [3.05, 3.63) is 131 Å². The Morgan fingerprint density at radius 2 is 1.68 bits per heavy atom. The molecule has 5 nitrogen and oxygen atoms in total. The number of aromatic nitrogens is 3. The van der Waals surface area contributed by atoms with Crippen LogP contribution in [0.1, 0.15) is 11.1 Å². The molecule has 1 aliphatic rings. The summed E-state index contributed by atoms with van der Waals surface area (Å²) in [6, 6.07) is 27.7. The number of pyridine rings is 1. The summed E-state index contributed by atoms with van der Waals surface area (Å²) in [5.41, 5.74) is 7.50. The van der Waals surface area contributed by atoms with Crippen molar-refractivity contribution in [2.24, 2.45) is 0 Å². The van der Waals surface area contributed by atoms with Crippen molar-refractivity contribution in [1.82, 2.24) is 14.5 Å². The molecule has 2 aromatic heterocycles. The minimum absolute atomic E-state index is 0. The van der Waals surface area contributed by atoms with Gasteiger partial charge in [-0.15, -0.1) is 47.5 Å². The van der Waals surface area contributed by atoms with E-state index in [0.717, 1.165) is 35.5 Å². The zero-order valence-electron chi connectivity index (χ0n) is 20.1. The van der Waals surface area contributed by atoms with E-state index in [1.54, 1.807) is 18.3 Å². The predicted octanol–water partition coefficient (Wildman–Crippen LogP) is 7.53. The number of hydrogen-bond acceptors (Lipinski definition) is 2. The third-order valence-corrected chi connectivity index (χ3v) is 6.14. The van der Waals surface area contributed by atoms with Crippen LogP contribution in [-0.2, 0) is 33.1 Å². The van der Waals surface area contributed by atoms with Crippen LogP contribution >= 0.6 is 0 Å². The van der Waals surface area contributed by atoms with E-state index >= 15 is 0 Å². The number of benzene rings is 3. The molecule has 0 fully saturated rings. The van der Waals surface area contributed by atoms with Gasteiger partial charge in [0.2, 0.25) is 0 Å². The van der Waals surface area contributed by atoms with Crippen LogP contribution in [0.5, 0.6) is 0 Å². The van der Waals surface area contributed by atoms with Gasteiger partial charge >= 0.3 is 0 Å². The maximum atomic E-state index is 7.44. The molecule has 1 radical (unpaired) electrons. The van der Waals surface area contributed by atoms with Crippen LogP contribution in [0.4, 0.5) is 11.4 Å². The van der Waals surface area contributed by atoms with Gasteiger partial charge in [-0.2, -0.15) is 6.07 Å². The first kappa shape index (κ1) is 25.7. The third-order valence-electron chi connectivity index (χ3n) is 6.14. The first-order chi connectivity index (χ1) is 17.7. The molecular weight excluding hydrogens is 635 g/mol. The molecule has 0 spiro atoms. The fourth-order valence-corrected chi connectivity index (χ4v) is 4.43. The van der Waals surface area contributed by atoms with E-state index in [1.807, 2.05) is 67.8 Å². The Morgan fingerprint density at radius 1 is 0.865 bits per heavy atom. The van der Waals surface area contributed by atoms with Crippen molar-refractivity contribution in [3.8, 4) is 33.8 Å². The number of hydrogen-bond donors (Lipinski definition) is 0. The second-order valence-electron chi connectivity index (χ2n) is 8.29. The molecule has 6 rings (SSSR count). The summed E-state index contributed by atoms with van der Waals surface area (Å²) in [4.78, 5) is 15.8. The molecule has 181 valence electrons. The van der Waals surface area contributed by atoms with Crippen molar-refractivity contribution >= 4 is 11.4 Å². The first-order valence-electron chi connectivity index (χ1n) is 11.5. The molecule has 0 saturated heterocycles. The van der Waals surface area contributed by atoms with Crippen LogP contribution in [-0.4, -0.2) is 14.5 Å². The summed E-state index contributed by atoms with van der Waals surface area (Å²) in [5.74, 6) is 1.06. The zero-order chi connectivity index (χ0) is 24.9. The van der Waals surface area contributed by atoms with Gasteiger partial charge in [-0.1, -0.05) is 35.9 Å². The van der Waals surface area contributed by atoms with E-state index in [2.05, 4.69) is 42.4 Å². The van der Waals surface area contributed by atoms with Crippen LogP contribution in [0.2, 0.25) is 0 Å². The molecule has 0 aliphatic carbocycles. The average molecular weight is 656 g/mol. The van der Waals surface area contributed by atoms with Gasteiger partial charge in [-0.25, -0.2) is 0 Å². The van der Waals surface area contributed by atoms with E-state index in [9.17, 15) is 0 Å². The Bertz CT molecular complexity index is 1620. The van der Waals surface area contributed by atoms with Gasteiger partial charge in [-0.3, -0.25) is 14.7 Å². The molecule has 0 amide bonds. The minimum atomic E-state index is 0. The molecule has 3 heterocycles. The van der Waals surface area contributed by atoms with Crippen molar-refractivity contribution in [2.75, 3.05) is 0 Å². The summed E-state index contributed by atoms with van der Waals surface area (Å²) < 4.78 is 2.18. The molecule has 0 saturated carbocycles. The SMILES string of the molecule is [C-]#[N+]c1cc[c-]c(-c2nccc(C)c2-c2ccccc2)c1[N+]#[C-].[Ir].[c-]1cccc2c1-c1nccn1CC2. The van der Waals surface area contributed by atoms with Gasteiger partial charge in [0, 0.05) is 45.2 Å². The smallest absolute Gasteiger partial charge is 0.176 e. The Hall–Kier alpha value is -4.35. The van der Waals surface area contributed by atoms with Gasteiger partial charge in [0.1, 0.15) is 0 Å². The van der Waals surface area contributed by atoms with Gasteiger partial charge in [-0.05, 0) is 41.8 Å². The van der Waals surface area contributed by atoms with Crippen LogP contribution in [0.25, 0.3) is 43.5 Å². The fraction of sp³-hybridized carbons (Fsp3) is 0.0968. The second kappa shape index (κ2) is 11.6. The van der Waals surface area contributed by atoms with Crippen molar-refractivity contribution in [3.63, 3.8) is 0 Å². The van der Waals surface area contributed by atoms with Crippen LogP contribution in [0, 0.1) is 32.2 Å². The van der Waals surface area contributed by atoms with Crippen molar-refractivity contribution < 1.29 is 20.1 Å². The standard InChI is InChI=1S/C20H12N3.C11H9N2.Ir/c1-14-12-13-23-20(18(14)15-8-5-4-6-9-15)16-10-7-11-17(21-2)19(16)22-3;1-2-4-10-9(3-1)5-7-13-8-6-12-11(10)13;/h4-9,11-13H,1H3;1-3,6,8H,5,7H2;/q2*-1;. The van der Waals surface area contributed by atoms with E-state index in [-0.39, 0.29) is 20.1 Å². The Kier molecular flexibility index (Phi) is 8.06. The summed E-state index contributed by atoms with van der Waals surface area (Å²) in [6.45, 7) is 17.8.